The Morgan fingerprint density at radius 1 is 0.333 bits per heavy atom. The largest absolute Gasteiger partial charge is 0.248 e. The van der Waals surface area contributed by atoms with E-state index in [0.29, 0.717) is 5.56 Å². The molecule has 0 N–H and O–H groups in total. The lowest BCUT2D eigenvalue weighted by Crippen LogP contribution is -1.96. The van der Waals surface area contributed by atoms with E-state index in [9.17, 15) is 5.26 Å². The van der Waals surface area contributed by atoms with E-state index in [4.69, 9.17) is 15.0 Å². The summed E-state index contributed by atoms with van der Waals surface area (Å²) in [6, 6.07) is 59.7. The minimum Gasteiger partial charge on any atom is -0.248 e. The van der Waals surface area contributed by atoms with Gasteiger partial charge in [-0.05, 0) is 70.8 Å². The average molecular weight is 613 g/mol. The summed E-state index contributed by atoms with van der Waals surface area (Å²) in [5.41, 5.74) is 13.9. The van der Waals surface area contributed by atoms with Crippen molar-refractivity contribution in [3.63, 3.8) is 0 Å². The van der Waals surface area contributed by atoms with Crippen LogP contribution in [0.5, 0.6) is 0 Å². The molecule has 224 valence electrons. The Morgan fingerprint density at radius 3 is 1.42 bits per heavy atom. The Hall–Kier alpha value is -6.70. The number of fused-ring (bicyclic) bond motifs is 1. The van der Waals surface area contributed by atoms with E-state index in [1.165, 1.54) is 0 Å². The highest BCUT2D eigenvalue weighted by molar-refractivity contribution is 5.88. The molecule has 2 heterocycles. The lowest BCUT2D eigenvalue weighted by molar-refractivity contribution is 1.29. The molecule has 0 amide bonds. The number of nitriles is 1. The van der Waals surface area contributed by atoms with E-state index >= 15 is 0 Å². The van der Waals surface area contributed by atoms with Crippen LogP contribution in [0.1, 0.15) is 5.56 Å². The van der Waals surface area contributed by atoms with Gasteiger partial charge in [0, 0.05) is 22.3 Å². The van der Waals surface area contributed by atoms with E-state index in [1.807, 2.05) is 66.7 Å². The molecule has 2 aromatic heterocycles. The van der Waals surface area contributed by atoms with Gasteiger partial charge < -0.3 is 0 Å². The van der Waals surface area contributed by atoms with Crippen LogP contribution >= 0.6 is 0 Å². The maximum atomic E-state index is 9.59. The summed E-state index contributed by atoms with van der Waals surface area (Å²) in [5.74, 6) is 0. The van der Waals surface area contributed by atoms with Gasteiger partial charge in [-0.1, -0.05) is 121 Å². The van der Waals surface area contributed by atoms with Gasteiger partial charge >= 0.3 is 0 Å². The Morgan fingerprint density at radius 2 is 0.792 bits per heavy atom. The predicted octanol–water partition coefficient (Wildman–Crippen LogP) is 10.9. The first-order valence-electron chi connectivity index (χ1n) is 15.8. The van der Waals surface area contributed by atoms with Crippen LogP contribution in [0.4, 0.5) is 0 Å². The molecule has 4 heteroatoms. The Kier molecular flexibility index (Phi) is 7.54. The third-order valence-electron chi connectivity index (χ3n) is 8.47. The molecule has 0 atom stereocenters. The molecule has 0 radical (unpaired) electrons. The Balaban J connectivity index is 1.24. The van der Waals surface area contributed by atoms with Gasteiger partial charge in [0.05, 0.1) is 45.4 Å². The fourth-order valence-corrected chi connectivity index (χ4v) is 6.08. The van der Waals surface area contributed by atoms with E-state index in [-0.39, 0.29) is 0 Å². The maximum Gasteiger partial charge on any atom is 0.0991 e. The second kappa shape index (κ2) is 12.6. The van der Waals surface area contributed by atoms with E-state index in [0.717, 1.165) is 78.3 Å². The van der Waals surface area contributed by atoms with Crippen LogP contribution in [-0.2, 0) is 0 Å². The number of benzene rings is 6. The molecule has 6 aromatic carbocycles. The number of hydrogen-bond acceptors (Lipinski definition) is 4. The minimum absolute atomic E-state index is 0.583. The third kappa shape index (κ3) is 5.73. The van der Waals surface area contributed by atoms with Crippen LogP contribution in [-0.4, -0.2) is 15.0 Å². The van der Waals surface area contributed by atoms with Crippen molar-refractivity contribution in [3.8, 4) is 73.4 Å². The van der Waals surface area contributed by atoms with Crippen molar-refractivity contribution in [2.24, 2.45) is 0 Å². The van der Waals surface area contributed by atoms with Gasteiger partial charge in [-0.25, -0.2) is 15.0 Å². The highest BCUT2D eigenvalue weighted by Crippen LogP contribution is 2.35. The minimum atomic E-state index is 0.583. The summed E-state index contributed by atoms with van der Waals surface area (Å²) in [5, 5.41) is 9.59. The topological polar surface area (TPSA) is 62.5 Å². The molecule has 8 rings (SSSR count). The number of pyridine rings is 1. The third-order valence-corrected chi connectivity index (χ3v) is 8.47. The number of aromatic nitrogens is 3. The molecular weight excluding hydrogens is 585 g/mol. The quantitative estimate of drug-likeness (QED) is 0.187. The molecule has 48 heavy (non-hydrogen) atoms. The summed E-state index contributed by atoms with van der Waals surface area (Å²) in [7, 11) is 0. The van der Waals surface area contributed by atoms with Gasteiger partial charge in [0.25, 0.3) is 0 Å². The van der Waals surface area contributed by atoms with Crippen molar-refractivity contribution < 1.29 is 0 Å². The van der Waals surface area contributed by atoms with E-state index < -0.39 is 0 Å². The smallest absolute Gasteiger partial charge is 0.0991 e. The molecule has 0 unspecified atom stereocenters. The maximum absolute atomic E-state index is 9.59. The first-order chi connectivity index (χ1) is 23.7. The lowest BCUT2D eigenvalue weighted by atomic mass is 9.96. The standard InChI is InChI=1S/C44H28N4/c45-29-30-12-9-20-36(24-30)43-44(48-40-23-8-7-22-39(40)47-43)37-21-11-18-34(26-37)33-17-10-19-35(25-33)42-28-38(31-13-3-1-4-14-31)27-41(46-42)32-15-5-2-6-16-32/h1-28H. The number of rotatable bonds is 6. The van der Waals surface area contributed by atoms with Gasteiger partial charge in [0.15, 0.2) is 0 Å². The molecule has 0 aliphatic carbocycles. The van der Waals surface area contributed by atoms with Crippen LogP contribution in [0.15, 0.2) is 170 Å². The number of nitrogens with zero attached hydrogens (tertiary/aromatic N) is 4. The van der Waals surface area contributed by atoms with Crippen LogP contribution in [0, 0.1) is 11.3 Å². The van der Waals surface area contributed by atoms with Crippen molar-refractivity contribution in [1.82, 2.24) is 15.0 Å². The molecule has 0 bridgehead atoms. The van der Waals surface area contributed by atoms with Gasteiger partial charge in [0.2, 0.25) is 0 Å². The van der Waals surface area contributed by atoms with Crippen molar-refractivity contribution >= 4 is 11.0 Å². The first kappa shape index (κ1) is 28.8. The Labute approximate surface area is 279 Å². The van der Waals surface area contributed by atoms with Crippen LogP contribution < -0.4 is 0 Å². The average Bonchev–Trinajstić information content (AvgIpc) is 3.18. The van der Waals surface area contributed by atoms with Crippen LogP contribution in [0.2, 0.25) is 0 Å². The van der Waals surface area contributed by atoms with Gasteiger partial charge in [-0.15, -0.1) is 0 Å². The lowest BCUT2D eigenvalue weighted by Gasteiger charge is -2.13. The van der Waals surface area contributed by atoms with E-state index in [1.54, 1.807) is 6.07 Å². The monoisotopic (exact) mass is 612 g/mol. The Bertz CT molecular complexity index is 2400. The molecule has 0 saturated carbocycles. The summed E-state index contributed by atoms with van der Waals surface area (Å²) in [6.07, 6.45) is 0. The highest BCUT2D eigenvalue weighted by atomic mass is 14.8. The van der Waals surface area contributed by atoms with Crippen LogP contribution in [0.3, 0.4) is 0 Å². The molecule has 0 fully saturated rings. The first-order valence-corrected chi connectivity index (χ1v) is 15.8. The van der Waals surface area contributed by atoms with E-state index in [2.05, 4.69) is 103 Å². The zero-order chi connectivity index (χ0) is 32.3. The predicted molar refractivity (Wildman–Crippen MR) is 195 cm³/mol. The second-order valence-electron chi connectivity index (χ2n) is 11.6. The molecule has 8 aromatic rings. The normalized spacial score (nSPS) is 10.9. The van der Waals surface area contributed by atoms with Crippen molar-refractivity contribution in [2.75, 3.05) is 0 Å². The van der Waals surface area contributed by atoms with Crippen LogP contribution in [0.25, 0.3) is 78.3 Å². The molecule has 4 nitrogen and oxygen atoms in total. The summed E-state index contributed by atoms with van der Waals surface area (Å²) in [4.78, 5) is 15.3. The summed E-state index contributed by atoms with van der Waals surface area (Å²) < 4.78 is 0. The van der Waals surface area contributed by atoms with Crippen molar-refractivity contribution in [1.29, 1.82) is 5.26 Å². The zero-order valence-electron chi connectivity index (χ0n) is 26.0. The van der Waals surface area contributed by atoms with Gasteiger partial charge in [-0.3, -0.25) is 0 Å². The van der Waals surface area contributed by atoms with Gasteiger partial charge in [0.1, 0.15) is 0 Å². The molecule has 0 spiro atoms. The fourth-order valence-electron chi connectivity index (χ4n) is 6.08. The number of hydrogen-bond donors (Lipinski definition) is 0. The summed E-state index contributed by atoms with van der Waals surface area (Å²) >= 11 is 0. The second-order valence-corrected chi connectivity index (χ2v) is 11.6. The SMILES string of the molecule is N#Cc1cccc(-c2nc3ccccc3nc2-c2cccc(-c3cccc(-c4cc(-c5ccccc5)cc(-c5ccccc5)n4)c3)c2)c1. The molecule has 0 saturated heterocycles. The summed E-state index contributed by atoms with van der Waals surface area (Å²) in [6.45, 7) is 0. The van der Waals surface area contributed by atoms with Crippen molar-refractivity contribution in [3.05, 3.63) is 175 Å². The molecule has 0 aliphatic rings. The highest BCUT2D eigenvalue weighted by Gasteiger charge is 2.15. The number of para-hydroxylation sites is 2. The van der Waals surface area contributed by atoms with Crippen molar-refractivity contribution in [2.45, 2.75) is 0 Å². The van der Waals surface area contributed by atoms with Gasteiger partial charge in [-0.2, -0.15) is 5.26 Å². The molecule has 0 aliphatic heterocycles. The fraction of sp³-hybridized carbons (Fsp3) is 0. The zero-order valence-corrected chi connectivity index (χ0v) is 26.0. The molecular formula is C44H28N4.